The summed E-state index contributed by atoms with van der Waals surface area (Å²) in [6.45, 7) is 2.05. The van der Waals surface area contributed by atoms with Crippen LogP contribution in [0, 0.1) is 0 Å². The van der Waals surface area contributed by atoms with Crippen LogP contribution in [0.15, 0.2) is 36.7 Å². The van der Waals surface area contributed by atoms with E-state index in [-0.39, 0.29) is 17.2 Å². The lowest BCUT2D eigenvalue weighted by Gasteiger charge is -2.30. The van der Waals surface area contributed by atoms with Crippen LogP contribution < -0.4 is 9.64 Å². The fourth-order valence-corrected chi connectivity index (χ4v) is 4.26. The average Bonchev–Trinajstić information content (AvgIpc) is 3.27. The van der Waals surface area contributed by atoms with Gasteiger partial charge in [0.1, 0.15) is 5.75 Å². The van der Waals surface area contributed by atoms with Crippen molar-refractivity contribution in [1.29, 1.82) is 0 Å². The molecule has 0 unspecified atom stereocenters. The van der Waals surface area contributed by atoms with Crippen LogP contribution in [0.4, 0.5) is 5.69 Å². The Bertz CT molecular complexity index is 710. The van der Waals surface area contributed by atoms with Crippen LogP contribution >= 0.6 is 11.8 Å². The minimum Gasteiger partial charge on any atom is -0.497 e. The Morgan fingerprint density at radius 2 is 2.33 bits per heavy atom. The average molecular weight is 345 g/mol. The summed E-state index contributed by atoms with van der Waals surface area (Å²) in [6, 6.07) is 7.81. The van der Waals surface area contributed by atoms with E-state index in [4.69, 9.17) is 4.74 Å². The van der Waals surface area contributed by atoms with Gasteiger partial charge in [-0.1, -0.05) is 12.1 Å². The van der Waals surface area contributed by atoms with Gasteiger partial charge in [-0.3, -0.25) is 9.48 Å². The van der Waals surface area contributed by atoms with Crippen LogP contribution in [0.3, 0.4) is 0 Å². The summed E-state index contributed by atoms with van der Waals surface area (Å²) in [5, 5.41) is 4.29. The van der Waals surface area contributed by atoms with Crippen molar-refractivity contribution in [3.8, 4) is 5.75 Å². The molecule has 0 aliphatic carbocycles. The summed E-state index contributed by atoms with van der Waals surface area (Å²) in [4.78, 5) is 15.0. The number of benzene rings is 1. The van der Waals surface area contributed by atoms with Crippen LogP contribution in [0.25, 0.3) is 0 Å². The van der Waals surface area contributed by atoms with Crippen LogP contribution in [0.5, 0.6) is 5.75 Å². The number of carbonyl (C=O) groups is 1. The normalized spacial score (nSPS) is 18.4. The number of hydrogen-bond acceptors (Lipinski definition) is 4. The third-order valence-corrected chi connectivity index (χ3v) is 5.74. The van der Waals surface area contributed by atoms with Gasteiger partial charge in [0, 0.05) is 13.2 Å². The highest BCUT2D eigenvalue weighted by Gasteiger charge is 2.32. The first-order valence-corrected chi connectivity index (χ1v) is 9.22. The number of methoxy groups -OCH3 is 1. The van der Waals surface area contributed by atoms with Crippen LogP contribution in [0.2, 0.25) is 0 Å². The molecule has 1 aliphatic rings. The lowest BCUT2D eigenvalue weighted by molar-refractivity contribution is -0.118. The first kappa shape index (κ1) is 16.9. The van der Waals surface area contributed by atoms with Gasteiger partial charge >= 0.3 is 0 Å². The molecule has 1 aromatic carbocycles. The van der Waals surface area contributed by atoms with Gasteiger partial charge in [-0.2, -0.15) is 5.10 Å². The Morgan fingerprint density at radius 3 is 2.96 bits per heavy atom. The molecule has 2 heterocycles. The number of thioether (sulfide) groups is 1. The second-order valence-corrected chi connectivity index (χ2v) is 7.35. The molecule has 2 aromatic rings. The number of anilines is 1. The number of aromatic nitrogens is 2. The molecule has 1 amide bonds. The van der Waals surface area contributed by atoms with E-state index < -0.39 is 0 Å². The second-order valence-electron chi connectivity index (χ2n) is 6.03. The molecule has 0 spiro atoms. The van der Waals surface area contributed by atoms with Gasteiger partial charge in [-0.15, -0.1) is 11.8 Å². The summed E-state index contributed by atoms with van der Waals surface area (Å²) in [5.41, 5.74) is 1.89. The lowest BCUT2D eigenvalue weighted by Crippen LogP contribution is -2.38. The zero-order chi connectivity index (χ0) is 17.1. The number of aryl methyl sites for hydroxylation is 1. The minimum absolute atomic E-state index is 0.0401. The maximum Gasteiger partial charge on any atom is 0.240 e. The van der Waals surface area contributed by atoms with Gasteiger partial charge < -0.3 is 9.64 Å². The molecular weight excluding hydrogens is 322 g/mol. The number of nitrogens with zero attached hydrogens (tertiary/aromatic N) is 3. The van der Waals surface area contributed by atoms with Gasteiger partial charge in [0.2, 0.25) is 5.91 Å². The predicted molar refractivity (Wildman–Crippen MR) is 97.6 cm³/mol. The standard InChI is InChI=1S/C18H23N3O2S/c1-13(14-6-4-7-16(10-14)23-3)21(15-11-19-20(2)12-15)18(22)17-8-5-9-24-17/h4,6-7,10-13,17H,5,8-9H2,1-3H3/t13-,17+/m1/s1. The molecule has 128 valence electrons. The largest absolute Gasteiger partial charge is 0.497 e. The smallest absolute Gasteiger partial charge is 0.240 e. The summed E-state index contributed by atoms with van der Waals surface area (Å²) in [6.07, 6.45) is 5.71. The van der Waals surface area contributed by atoms with Crippen LogP contribution in [-0.4, -0.2) is 33.8 Å². The number of amides is 1. The van der Waals surface area contributed by atoms with Crippen molar-refractivity contribution in [3.05, 3.63) is 42.2 Å². The molecule has 2 atom stereocenters. The van der Waals surface area contributed by atoms with E-state index in [1.54, 1.807) is 29.8 Å². The molecule has 0 radical (unpaired) electrons. The summed E-state index contributed by atoms with van der Waals surface area (Å²) in [5.74, 6) is 2.03. The topological polar surface area (TPSA) is 47.4 Å². The van der Waals surface area contributed by atoms with E-state index in [1.807, 2.05) is 42.4 Å². The van der Waals surface area contributed by atoms with E-state index in [9.17, 15) is 4.79 Å². The lowest BCUT2D eigenvalue weighted by atomic mass is 10.0. The Hall–Kier alpha value is -1.95. The zero-order valence-electron chi connectivity index (χ0n) is 14.3. The Morgan fingerprint density at radius 1 is 1.50 bits per heavy atom. The van der Waals surface area contributed by atoms with Gasteiger partial charge in [0.15, 0.2) is 0 Å². The monoisotopic (exact) mass is 345 g/mol. The van der Waals surface area contributed by atoms with Crippen molar-refractivity contribution in [2.24, 2.45) is 7.05 Å². The summed E-state index contributed by atoms with van der Waals surface area (Å²) in [7, 11) is 3.52. The number of ether oxygens (including phenoxy) is 1. The maximum atomic E-state index is 13.2. The van der Waals surface area contributed by atoms with Crippen LogP contribution in [0.1, 0.15) is 31.4 Å². The number of rotatable bonds is 5. The molecule has 6 heteroatoms. The van der Waals surface area contributed by atoms with Crippen molar-refractivity contribution in [3.63, 3.8) is 0 Å². The fraction of sp³-hybridized carbons (Fsp3) is 0.444. The summed E-state index contributed by atoms with van der Waals surface area (Å²) >= 11 is 1.76. The van der Waals surface area contributed by atoms with Gasteiger partial charge in [0.05, 0.1) is 30.3 Å². The van der Waals surface area contributed by atoms with E-state index >= 15 is 0 Å². The molecule has 5 nitrogen and oxygen atoms in total. The fourth-order valence-electron chi connectivity index (χ4n) is 3.05. The molecule has 1 fully saturated rings. The quantitative estimate of drug-likeness (QED) is 0.833. The maximum absolute atomic E-state index is 13.2. The van der Waals surface area contributed by atoms with Crippen LogP contribution in [-0.2, 0) is 11.8 Å². The van der Waals surface area contributed by atoms with Crippen molar-refractivity contribution in [2.45, 2.75) is 31.1 Å². The highest BCUT2D eigenvalue weighted by Crippen LogP contribution is 2.34. The predicted octanol–water partition coefficient (Wildman–Crippen LogP) is 3.42. The van der Waals surface area contributed by atoms with Gasteiger partial charge in [-0.25, -0.2) is 0 Å². The molecule has 24 heavy (non-hydrogen) atoms. The van der Waals surface area contributed by atoms with Crippen molar-refractivity contribution >= 4 is 23.4 Å². The molecular formula is C18H23N3O2S. The highest BCUT2D eigenvalue weighted by atomic mass is 32.2. The number of carbonyl (C=O) groups excluding carboxylic acids is 1. The van der Waals surface area contributed by atoms with Gasteiger partial charge in [-0.05, 0) is 43.2 Å². The first-order valence-electron chi connectivity index (χ1n) is 8.17. The van der Waals surface area contributed by atoms with E-state index in [1.165, 1.54) is 0 Å². The molecule has 1 aliphatic heterocycles. The minimum atomic E-state index is -0.0852. The van der Waals surface area contributed by atoms with E-state index in [0.29, 0.717) is 0 Å². The molecule has 3 rings (SSSR count). The SMILES string of the molecule is COc1cccc([C@@H](C)N(C(=O)[C@@H]2CCCS2)c2cnn(C)c2)c1. The Labute approximate surface area is 147 Å². The molecule has 1 saturated heterocycles. The van der Waals surface area contributed by atoms with Gasteiger partial charge in [0.25, 0.3) is 0 Å². The van der Waals surface area contributed by atoms with E-state index in [0.717, 1.165) is 35.6 Å². The second kappa shape index (κ2) is 7.30. The van der Waals surface area contributed by atoms with Crippen molar-refractivity contribution in [1.82, 2.24) is 9.78 Å². The Balaban J connectivity index is 1.95. The first-order chi connectivity index (χ1) is 11.6. The molecule has 0 N–H and O–H groups in total. The third-order valence-electron chi connectivity index (χ3n) is 4.38. The molecule has 0 saturated carbocycles. The van der Waals surface area contributed by atoms with E-state index in [2.05, 4.69) is 12.0 Å². The molecule has 0 bridgehead atoms. The number of hydrogen-bond donors (Lipinski definition) is 0. The highest BCUT2D eigenvalue weighted by molar-refractivity contribution is 8.00. The van der Waals surface area contributed by atoms with Crippen molar-refractivity contribution < 1.29 is 9.53 Å². The van der Waals surface area contributed by atoms with Crippen molar-refractivity contribution in [2.75, 3.05) is 17.8 Å². The Kier molecular flexibility index (Phi) is 5.14. The third kappa shape index (κ3) is 3.43. The summed E-state index contributed by atoms with van der Waals surface area (Å²) < 4.78 is 7.06. The zero-order valence-corrected chi connectivity index (χ0v) is 15.1. The molecule has 1 aromatic heterocycles.